The van der Waals surface area contributed by atoms with Crippen molar-refractivity contribution in [3.63, 3.8) is 0 Å². The lowest BCUT2D eigenvalue weighted by Gasteiger charge is -2.33. The van der Waals surface area contributed by atoms with Crippen LogP contribution in [0.25, 0.3) is 0 Å². The zero-order chi connectivity index (χ0) is 12.0. The molecule has 0 aromatic carbocycles. The first-order chi connectivity index (χ1) is 7.59. The molecular formula is C13H28N2O. The average molecular weight is 228 g/mol. The Labute approximate surface area is 100 Å². The third-order valence-corrected chi connectivity index (χ3v) is 3.68. The zero-order valence-corrected chi connectivity index (χ0v) is 11.1. The Morgan fingerprint density at radius 1 is 1.44 bits per heavy atom. The number of hydrogen-bond donors (Lipinski definition) is 2. The van der Waals surface area contributed by atoms with Crippen LogP contribution in [0.2, 0.25) is 0 Å². The summed E-state index contributed by atoms with van der Waals surface area (Å²) in [6, 6.07) is 0. The Morgan fingerprint density at radius 3 is 2.69 bits per heavy atom. The summed E-state index contributed by atoms with van der Waals surface area (Å²) < 4.78 is 0. The minimum absolute atomic E-state index is 0.0929. The molecule has 16 heavy (non-hydrogen) atoms. The lowest BCUT2D eigenvalue weighted by Crippen LogP contribution is -2.41. The van der Waals surface area contributed by atoms with E-state index in [0.717, 1.165) is 39.1 Å². The van der Waals surface area contributed by atoms with Crippen LogP contribution in [-0.2, 0) is 0 Å². The van der Waals surface area contributed by atoms with Gasteiger partial charge in [0.2, 0.25) is 0 Å². The average Bonchev–Trinajstić information content (AvgIpc) is 2.64. The topological polar surface area (TPSA) is 35.5 Å². The second-order valence-corrected chi connectivity index (χ2v) is 5.52. The number of nitrogens with zero attached hydrogens (tertiary/aromatic N) is 1. The predicted molar refractivity (Wildman–Crippen MR) is 68.6 cm³/mol. The molecule has 1 heterocycles. The first kappa shape index (κ1) is 13.9. The van der Waals surface area contributed by atoms with Crippen LogP contribution >= 0.6 is 0 Å². The highest BCUT2D eigenvalue weighted by molar-refractivity contribution is 4.83. The van der Waals surface area contributed by atoms with Gasteiger partial charge in [0.15, 0.2) is 0 Å². The van der Waals surface area contributed by atoms with Gasteiger partial charge in [-0.25, -0.2) is 0 Å². The number of rotatable bonds is 7. The van der Waals surface area contributed by atoms with Gasteiger partial charge in [0.25, 0.3) is 0 Å². The van der Waals surface area contributed by atoms with Gasteiger partial charge in [-0.05, 0) is 31.2 Å². The molecule has 1 rings (SSSR count). The fourth-order valence-corrected chi connectivity index (χ4v) is 2.36. The number of nitrogens with one attached hydrogen (secondary N) is 1. The lowest BCUT2D eigenvalue weighted by molar-refractivity contribution is 0.143. The Balaban J connectivity index is 2.33. The number of aliphatic hydroxyl groups excluding tert-OH is 1. The third-order valence-electron chi connectivity index (χ3n) is 3.68. The van der Waals surface area contributed by atoms with Crippen LogP contribution in [0.1, 0.15) is 40.0 Å². The molecular weight excluding hydrogens is 200 g/mol. The van der Waals surface area contributed by atoms with Crippen molar-refractivity contribution in [2.24, 2.45) is 5.41 Å². The van der Waals surface area contributed by atoms with Gasteiger partial charge >= 0.3 is 0 Å². The smallest absolute Gasteiger partial charge is 0.0679 e. The van der Waals surface area contributed by atoms with Crippen LogP contribution in [0, 0.1) is 5.41 Å². The van der Waals surface area contributed by atoms with Crippen molar-refractivity contribution in [3.8, 4) is 0 Å². The van der Waals surface area contributed by atoms with E-state index in [2.05, 4.69) is 31.0 Å². The van der Waals surface area contributed by atoms with Crippen LogP contribution in [0.4, 0.5) is 0 Å². The molecule has 0 bridgehead atoms. The molecule has 2 atom stereocenters. The molecule has 1 saturated heterocycles. The molecule has 96 valence electrons. The van der Waals surface area contributed by atoms with Crippen molar-refractivity contribution < 1.29 is 5.11 Å². The van der Waals surface area contributed by atoms with E-state index < -0.39 is 0 Å². The van der Waals surface area contributed by atoms with E-state index in [1.165, 1.54) is 12.8 Å². The quantitative estimate of drug-likeness (QED) is 0.648. The SMILES string of the molecule is CCCNCC(C)(CC)CN1CCC(O)C1. The van der Waals surface area contributed by atoms with Crippen LogP contribution < -0.4 is 5.32 Å². The van der Waals surface area contributed by atoms with Crippen molar-refractivity contribution in [2.75, 3.05) is 32.7 Å². The molecule has 1 aliphatic heterocycles. The first-order valence-corrected chi connectivity index (χ1v) is 6.71. The maximum Gasteiger partial charge on any atom is 0.0679 e. The van der Waals surface area contributed by atoms with Gasteiger partial charge in [0, 0.05) is 26.2 Å². The van der Waals surface area contributed by atoms with Crippen molar-refractivity contribution in [2.45, 2.75) is 46.1 Å². The van der Waals surface area contributed by atoms with E-state index in [1.54, 1.807) is 0 Å². The molecule has 0 amide bonds. The van der Waals surface area contributed by atoms with E-state index in [0.29, 0.717) is 5.41 Å². The third kappa shape index (κ3) is 4.40. The van der Waals surface area contributed by atoms with Gasteiger partial charge in [-0.1, -0.05) is 20.8 Å². The lowest BCUT2D eigenvalue weighted by atomic mass is 9.87. The van der Waals surface area contributed by atoms with E-state index in [4.69, 9.17) is 0 Å². The van der Waals surface area contributed by atoms with E-state index in [9.17, 15) is 5.11 Å². The Kier molecular flexibility index (Phi) is 5.73. The fourth-order valence-electron chi connectivity index (χ4n) is 2.36. The van der Waals surface area contributed by atoms with Gasteiger partial charge in [-0.3, -0.25) is 0 Å². The van der Waals surface area contributed by atoms with E-state index in [-0.39, 0.29) is 6.10 Å². The summed E-state index contributed by atoms with van der Waals surface area (Å²) in [6.07, 6.45) is 3.24. The Bertz CT molecular complexity index is 198. The zero-order valence-electron chi connectivity index (χ0n) is 11.1. The van der Waals surface area contributed by atoms with Gasteiger partial charge < -0.3 is 15.3 Å². The molecule has 2 N–H and O–H groups in total. The van der Waals surface area contributed by atoms with Gasteiger partial charge in [0.05, 0.1) is 6.10 Å². The summed E-state index contributed by atoms with van der Waals surface area (Å²) in [5, 5.41) is 13.0. The summed E-state index contributed by atoms with van der Waals surface area (Å²) in [5.41, 5.74) is 0.346. The second-order valence-electron chi connectivity index (χ2n) is 5.52. The monoisotopic (exact) mass is 228 g/mol. The van der Waals surface area contributed by atoms with E-state index in [1.807, 2.05) is 0 Å². The molecule has 0 spiro atoms. The van der Waals surface area contributed by atoms with Crippen molar-refractivity contribution in [1.29, 1.82) is 0 Å². The molecule has 1 aliphatic rings. The minimum Gasteiger partial charge on any atom is -0.392 e. The van der Waals surface area contributed by atoms with Crippen LogP contribution in [0.5, 0.6) is 0 Å². The normalized spacial score (nSPS) is 25.9. The molecule has 0 saturated carbocycles. The Morgan fingerprint density at radius 2 is 2.19 bits per heavy atom. The largest absolute Gasteiger partial charge is 0.392 e. The molecule has 1 fully saturated rings. The molecule has 0 aliphatic carbocycles. The van der Waals surface area contributed by atoms with Gasteiger partial charge in [-0.15, -0.1) is 0 Å². The number of β-amino-alcohol motifs (C(OH)–C–C–N with tert-alkyl or cyclic N) is 1. The van der Waals surface area contributed by atoms with E-state index >= 15 is 0 Å². The Hall–Kier alpha value is -0.120. The molecule has 0 aromatic rings. The number of likely N-dealkylation sites (tertiary alicyclic amines) is 1. The summed E-state index contributed by atoms with van der Waals surface area (Å²) in [6.45, 7) is 12.0. The number of aliphatic hydroxyl groups is 1. The van der Waals surface area contributed by atoms with Crippen molar-refractivity contribution in [3.05, 3.63) is 0 Å². The summed E-state index contributed by atoms with van der Waals surface area (Å²) in [7, 11) is 0. The molecule has 0 radical (unpaired) electrons. The van der Waals surface area contributed by atoms with Crippen LogP contribution in [0.15, 0.2) is 0 Å². The highest BCUT2D eigenvalue weighted by Crippen LogP contribution is 2.24. The molecule has 2 unspecified atom stereocenters. The van der Waals surface area contributed by atoms with Crippen LogP contribution in [-0.4, -0.2) is 48.8 Å². The molecule has 3 nitrogen and oxygen atoms in total. The summed E-state index contributed by atoms with van der Waals surface area (Å²) >= 11 is 0. The highest BCUT2D eigenvalue weighted by atomic mass is 16.3. The van der Waals surface area contributed by atoms with Gasteiger partial charge in [-0.2, -0.15) is 0 Å². The van der Waals surface area contributed by atoms with Crippen molar-refractivity contribution >= 4 is 0 Å². The standard InChI is InChI=1S/C13H28N2O/c1-4-7-14-10-13(3,5-2)11-15-8-6-12(16)9-15/h12,14,16H,4-11H2,1-3H3. The predicted octanol–water partition coefficient (Wildman–Crippen LogP) is 1.47. The maximum atomic E-state index is 9.53. The highest BCUT2D eigenvalue weighted by Gasteiger charge is 2.28. The summed E-state index contributed by atoms with van der Waals surface area (Å²) in [4.78, 5) is 2.40. The van der Waals surface area contributed by atoms with Crippen molar-refractivity contribution in [1.82, 2.24) is 10.2 Å². The summed E-state index contributed by atoms with van der Waals surface area (Å²) in [5.74, 6) is 0. The molecule has 0 aromatic heterocycles. The number of hydrogen-bond acceptors (Lipinski definition) is 3. The van der Waals surface area contributed by atoms with Gasteiger partial charge in [0.1, 0.15) is 0 Å². The maximum absolute atomic E-state index is 9.53. The minimum atomic E-state index is -0.0929. The fraction of sp³-hybridized carbons (Fsp3) is 1.00. The van der Waals surface area contributed by atoms with Crippen LogP contribution in [0.3, 0.4) is 0 Å². The molecule has 3 heteroatoms. The first-order valence-electron chi connectivity index (χ1n) is 6.71. The second kappa shape index (κ2) is 6.58.